The molecule has 0 saturated heterocycles. The first-order valence-electron chi connectivity index (χ1n) is 4.64. The van der Waals surface area contributed by atoms with E-state index in [1.807, 2.05) is 0 Å². The molecule has 1 heterocycles. The topological polar surface area (TPSA) is 85.1 Å². The molecule has 5 nitrogen and oxygen atoms in total. The molecule has 1 aromatic rings. The van der Waals surface area contributed by atoms with Gasteiger partial charge in [-0.15, -0.1) is 0 Å². The van der Waals surface area contributed by atoms with Crippen molar-refractivity contribution in [2.45, 2.75) is 11.4 Å². The van der Waals surface area contributed by atoms with Crippen LogP contribution in [0.25, 0.3) is 0 Å². The largest absolute Gasteiger partial charge is 0.384 e. The second-order valence-electron chi connectivity index (χ2n) is 3.23. The van der Waals surface area contributed by atoms with Gasteiger partial charge in [-0.3, -0.25) is 0 Å². The molecule has 6 heteroatoms. The molecule has 0 bridgehead atoms. The Morgan fingerprint density at radius 3 is 2.67 bits per heavy atom. The molecule has 0 radical (unpaired) electrons. The lowest BCUT2D eigenvalue weighted by atomic mass is 10.4. The Labute approximate surface area is 89.6 Å². The van der Waals surface area contributed by atoms with Crippen LogP contribution >= 0.6 is 0 Å². The molecular weight excluding hydrogens is 214 g/mol. The third-order valence-electron chi connectivity index (χ3n) is 1.83. The number of aromatic nitrogens is 1. The molecule has 0 atom stereocenters. The number of rotatable bonds is 5. The van der Waals surface area contributed by atoms with Gasteiger partial charge in [0.1, 0.15) is 0 Å². The first kappa shape index (κ1) is 11.9. The molecule has 0 aliphatic carbocycles. The minimum absolute atomic E-state index is 0.0897. The van der Waals surface area contributed by atoms with Gasteiger partial charge in [-0.25, -0.2) is 13.4 Å². The van der Waals surface area contributed by atoms with E-state index in [0.717, 1.165) is 24.9 Å². The van der Waals surface area contributed by atoms with E-state index in [0.29, 0.717) is 6.54 Å². The van der Waals surface area contributed by atoms with Crippen molar-refractivity contribution in [1.82, 2.24) is 4.98 Å². The van der Waals surface area contributed by atoms with Gasteiger partial charge >= 0.3 is 0 Å². The van der Waals surface area contributed by atoms with E-state index in [1.165, 1.54) is 12.3 Å². The highest BCUT2D eigenvalue weighted by Crippen LogP contribution is 2.09. The summed E-state index contributed by atoms with van der Waals surface area (Å²) in [6, 6.07) is 3.18. The van der Waals surface area contributed by atoms with E-state index in [4.69, 9.17) is 5.73 Å². The standard InChI is InChI=1S/C9H15N3O2S/c1-15(13,14)9-4-3-8(7-12-9)11-6-2-5-10/h3-4,7,11H,2,5-6,10H2,1H3. The van der Waals surface area contributed by atoms with Crippen molar-refractivity contribution in [2.24, 2.45) is 5.73 Å². The molecule has 3 N–H and O–H groups in total. The number of nitrogens with two attached hydrogens (primary N) is 1. The van der Waals surface area contributed by atoms with Crippen molar-refractivity contribution in [3.63, 3.8) is 0 Å². The Kier molecular flexibility index (Phi) is 4.05. The molecule has 1 aromatic heterocycles. The average Bonchev–Trinajstić information content (AvgIpc) is 2.18. The maximum atomic E-state index is 11.1. The maximum absolute atomic E-state index is 11.1. The molecule has 84 valence electrons. The quantitative estimate of drug-likeness (QED) is 0.707. The van der Waals surface area contributed by atoms with Crippen molar-refractivity contribution in [3.8, 4) is 0 Å². The van der Waals surface area contributed by atoms with Crippen LogP contribution in [0.5, 0.6) is 0 Å². The number of hydrogen-bond donors (Lipinski definition) is 2. The van der Waals surface area contributed by atoms with Gasteiger partial charge in [-0.05, 0) is 25.1 Å². The van der Waals surface area contributed by atoms with Crippen LogP contribution in [0.3, 0.4) is 0 Å². The monoisotopic (exact) mass is 229 g/mol. The second kappa shape index (κ2) is 5.09. The minimum Gasteiger partial charge on any atom is -0.384 e. The lowest BCUT2D eigenvalue weighted by Gasteiger charge is -2.05. The molecule has 0 aliphatic rings. The van der Waals surface area contributed by atoms with E-state index in [1.54, 1.807) is 6.07 Å². The van der Waals surface area contributed by atoms with E-state index >= 15 is 0 Å². The van der Waals surface area contributed by atoms with Gasteiger partial charge in [-0.2, -0.15) is 0 Å². The Hall–Kier alpha value is -1.14. The van der Waals surface area contributed by atoms with Crippen LogP contribution in [0.1, 0.15) is 6.42 Å². The summed E-state index contributed by atoms with van der Waals surface area (Å²) < 4.78 is 22.2. The van der Waals surface area contributed by atoms with Gasteiger partial charge in [0.25, 0.3) is 0 Å². The number of pyridine rings is 1. The van der Waals surface area contributed by atoms with E-state index in [2.05, 4.69) is 10.3 Å². The van der Waals surface area contributed by atoms with E-state index in [-0.39, 0.29) is 5.03 Å². The number of sulfone groups is 1. The minimum atomic E-state index is -3.20. The predicted octanol–water partition coefficient (Wildman–Crippen LogP) is 0.246. The SMILES string of the molecule is CS(=O)(=O)c1ccc(NCCCN)cn1. The lowest BCUT2D eigenvalue weighted by Crippen LogP contribution is -2.09. The number of hydrogen-bond acceptors (Lipinski definition) is 5. The lowest BCUT2D eigenvalue weighted by molar-refractivity contribution is 0.598. The second-order valence-corrected chi connectivity index (χ2v) is 5.19. The Morgan fingerprint density at radius 2 is 2.20 bits per heavy atom. The summed E-state index contributed by atoms with van der Waals surface area (Å²) >= 11 is 0. The van der Waals surface area contributed by atoms with Crippen LogP contribution in [0, 0.1) is 0 Å². The molecule has 1 rings (SSSR count). The molecule has 15 heavy (non-hydrogen) atoms. The maximum Gasteiger partial charge on any atom is 0.192 e. The summed E-state index contributed by atoms with van der Waals surface area (Å²) in [4.78, 5) is 3.85. The van der Waals surface area contributed by atoms with Crippen LogP contribution in [-0.2, 0) is 9.84 Å². The molecule has 0 fully saturated rings. The van der Waals surface area contributed by atoms with Gasteiger partial charge in [0.2, 0.25) is 0 Å². The van der Waals surface area contributed by atoms with Crippen molar-refractivity contribution >= 4 is 15.5 Å². The highest BCUT2D eigenvalue weighted by atomic mass is 32.2. The van der Waals surface area contributed by atoms with Gasteiger partial charge in [0.15, 0.2) is 14.9 Å². The summed E-state index contributed by atoms with van der Waals surface area (Å²) in [5.41, 5.74) is 6.14. The average molecular weight is 229 g/mol. The molecule has 0 amide bonds. The van der Waals surface area contributed by atoms with Crippen LogP contribution in [0.2, 0.25) is 0 Å². The van der Waals surface area contributed by atoms with Crippen LogP contribution in [0.4, 0.5) is 5.69 Å². The molecule has 0 saturated carbocycles. The number of nitrogens with one attached hydrogen (secondary N) is 1. The predicted molar refractivity (Wildman–Crippen MR) is 59.5 cm³/mol. The fourth-order valence-corrected chi connectivity index (χ4v) is 1.60. The first-order chi connectivity index (χ1) is 7.04. The first-order valence-corrected chi connectivity index (χ1v) is 6.53. The molecule has 0 aromatic carbocycles. The third kappa shape index (κ3) is 3.85. The molecule has 0 spiro atoms. The van der Waals surface area contributed by atoms with Gasteiger partial charge < -0.3 is 11.1 Å². The zero-order valence-electron chi connectivity index (χ0n) is 8.60. The summed E-state index contributed by atoms with van der Waals surface area (Å²) in [5, 5.41) is 3.18. The van der Waals surface area contributed by atoms with Crippen molar-refractivity contribution in [3.05, 3.63) is 18.3 Å². The van der Waals surface area contributed by atoms with Crippen molar-refractivity contribution in [2.75, 3.05) is 24.7 Å². The number of nitrogens with zero attached hydrogens (tertiary/aromatic N) is 1. The Morgan fingerprint density at radius 1 is 1.47 bits per heavy atom. The highest BCUT2D eigenvalue weighted by Gasteiger charge is 2.07. The smallest absolute Gasteiger partial charge is 0.192 e. The third-order valence-corrected chi connectivity index (χ3v) is 2.83. The van der Waals surface area contributed by atoms with Crippen LogP contribution < -0.4 is 11.1 Å². The van der Waals surface area contributed by atoms with E-state index < -0.39 is 9.84 Å². The Bertz CT molecular complexity index is 400. The fraction of sp³-hybridized carbons (Fsp3) is 0.444. The summed E-state index contributed by atoms with van der Waals surface area (Å²) in [5.74, 6) is 0. The normalized spacial score (nSPS) is 11.3. The molecule has 0 unspecified atom stereocenters. The van der Waals surface area contributed by atoms with Gasteiger partial charge in [0.05, 0.1) is 11.9 Å². The zero-order valence-corrected chi connectivity index (χ0v) is 9.42. The molecule has 0 aliphatic heterocycles. The number of anilines is 1. The van der Waals surface area contributed by atoms with Crippen molar-refractivity contribution in [1.29, 1.82) is 0 Å². The van der Waals surface area contributed by atoms with Crippen LogP contribution in [0.15, 0.2) is 23.4 Å². The van der Waals surface area contributed by atoms with Crippen molar-refractivity contribution < 1.29 is 8.42 Å². The fourth-order valence-electron chi connectivity index (χ4n) is 1.04. The zero-order chi connectivity index (χ0) is 11.3. The van der Waals surface area contributed by atoms with Gasteiger partial charge in [0, 0.05) is 12.8 Å². The summed E-state index contributed by atoms with van der Waals surface area (Å²) in [6.07, 6.45) is 3.51. The van der Waals surface area contributed by atoms with Crippen LogP contribution in [-0.4, -0.2) is 32.7 Å². The highest BCUT2D eigenvalue weighted by molar-refractivity contribution is 7.90. The van der Waals surface area contributed by atoms with E-state index in [9.17, 15) is 8.42 Å². The molecular formula is C9H15N3O2S. The summed E-state index contributed by atoms with van der Waals surface area (Å²) in [6.45, 7) is 1.39. The Balaban J connectivity index is 2.65. The summed E-state index contributed by atoms with van der Waals surface area (Å²) in [7, 11) is -3.20. The van der Waals surface area contributed by atoms with Gasteiger partial charge in [-0.1, -0.05) is 0 Å².